The third kappa shape index (κ3) is 2.79. The van der Waals surface area contributed by atoms with Crippen molar-refractivity contribution in [1.82, 2.24) is 0 Å². The van der Waals surface area contributed by atoms with E-state index in [0.717, 1.165) is 16.4 Å². The van der Waals surface area contributed by atoms with Crippen molar-refractivity contribution >= 4 is 36.3 Å². The third-order valence-corrected chi connectivity index (χ3v) is 7.21. The van der Waals surface area contributed by atoms with E-state index < -0.39 is 13.2 Å². The van der Waals surface area contributed by atoms with Crippen molar-refractivity contribution < 1.29 is 9.53 Å². The summed E-state index contributed by atoms with van der Waals surface area (Å²) in [5, 5.41) is 1.23. The van der Waals surface area contributed by atoms with E-state index in [9.17, 15) is 4.79 Å². The third-order valence-electron chi connectivity index (χ3n) is 3.76. The average molecular weight is 331 g/mol. The molecule has 2 atom stereocenters. The lowest BCUT2D eigenvalue weighted by Gasteiger charge is -2.37. The maximum atomic E-state index is 12.7. The molecule has 0 aliphatic carbocycles. The fraction of sp³-hybridized carbons (Fsp3) is 0.235. The van der Waals surface area contributed by atoms with Crippen molar-refractivity contribution in [2.45, 2.75) is 11.7 Å². The van der Waals surface area contributed by atoms with E-state index in [4.69, 9.17) is 10.5 Å². The summed E-state index contributed by atoms with van der Waals surface area (Å²) in [6, 6.07) is 17.8. The van der Waals surface area contributed by atoms with Gasteiger partial charge in [-0.15, -0.1) is 0 Å². The second-order valence-corrected chi connectivity index (χ2v) is 8.71. The minimum absolute atomic E-state index is 0.322. The van der Waals surface area contributed by atoms with Crippen LogP contribution in [0.15, 0.2) is 54.6 Å². The van der Waals surface area contributed by atoms with Gasteiger partial charge in [-0.05, 0) is 49.1 Å². The Hall–Kier alpha value is -1.35. The largest absolute Gasteiger partial charge is 0.425 e. The Morgan fingerprint density at radius 1 is 1.09 bits per heavy atom. The second-order valence-electron chi connectivity index (χ2n) is 5.22. The number of ether oxygens (including phenoxy) is 1. The van der Waals surface area contributed by atoms with Crippen molar-refractivity contribution in [2.24, 2.45) is 5.73 Å². The minimum atomic E-state index is -1.01. The minimum Gasteiger partial charge on any atom is -0.425 e. The first-order chi connectivity index (χ1) is 10.6. The molecule has 2 aliphatic rings. The zero-order valence-corrected chi connectivity index (χ0v) is 14.1. The van der Waals surface area contributed by atoms with Gasteiger partial charge in [-0.1, -0.05) is 42.5 Å². The first-order valence-electron chi connectivity index (χ1n) is 7.10. The summed E-state index contributed by atoms with van der Waals surface area (Å²) in [6.07, 6.45) is 2.63. The monoisotopic (exact) mass is 331 g/mol. The number of benzene rings is 2. The van der Waals surface area contributed by atoms with Crippen LogP contribution in [0, 0.1) is 0 Å². The highest BCUT2D eigenvalue weighted by atomic mass is 32.2. The number of carbonyl (C=O) groups is 1. The molecule has 0 aromatic heterocycles. The van der Waals surface area contributed by atoms with Gasteiger partial charge < -0.3 is 10.5 Å². The molecule has 2 aromatic rings. The first kappa shape index (κ1) is 15.5. The van der Waals surface area contributed by atoms with Gasteiger partial charge in [0.2, 0.25) is 0 Å². The van der Waals surface area contributed by atoms with Gasteiger partial charge in [-0.3, -0.25) is 0 Å². The van der Waals surface area contributed by atoms with Crippen molar-refractivity contribution in [3.63, 3.8) is 0 Å². The number of hydrogen-bond acceptors (Lipinski definition) is 4. The van der Waals surface area contributed by atoms with Gasteiger partial charge in [-0.25, -0.2) is 4.79 Å². The summed E-state index contributed by atoms with van der Waals surface area (Å²) in [7, 11) is -1.01. The molecule has 3 nitrogen and oxygen atoms in total. The molecule has 22 heavy (non-hydrogen) atoms. The smallest absolute Gasteiger partial charge is 0.336 e. The van der Waals surface area contributed by atoms with Crippen LogP contribution in [0.25, 0.3) is 0 Å². The summed E-state index contributed by atoms with van der Waals surface area (Å²) in [5.41, 5.74) is 6.66. The average Bonchev–Trinajstić information content (AvgIpc) is 2.54. The van der Waals surface area contributed by atoms with Gasteiger partial charge in [0.25, 0.3) is 0 Å². The molecule has 5 heteroatoms. The molecule has 2 N–H and O–H groups in total. The molecule has 2 aromatic carbocycles. The van der Waals surface area contributed by atoms with Crippen LogP contribution in [-0.2, 0) is 4.79 Å². The number of hydrogen-bond donors (Lipinski definition) is 1. The Bertz CT molecular complexity index is 662. The second kappa shape index (κ2) is 6.41. The van der Waals surface area contributed by atoms with E-state index in [2.05, 4.69) is 12.1 Å². The maximum absolute atomic E-state index is 12.7. The number of thioether (sulfide) groups is 1. The van der Waals surface area contributed by atoms with E-state index in [1.54, 1.807) is 11.8 Å². The zero-order chi connectivity index (χ0) is 15.6. The number of nitrogens with two attached hydrogens (primary N) is 1. The Balaban J connectivity index is 2.15. The van der Waals surface area contributed by atoms with Crippen molar-refractivity contribution in [2.75, 3.05) is 12.0 Å². The molecule has 0 saturated heterocycles. The fourth-order valence-corrected chi connectivity index (χ4v) is 5.99. The topological polar surface area (TPSA) is 52.3 Å². The Morgan fingerprint density at radius 2 is 1.73 bits per heavy atom. The fourth-order valence-electron chi connectivity index (χ4n) is 2.61. The van der Waals surface area contributed by atoms with Crippen LogP contribution in [0.2, 0.25) is 0 Å². The molecule has 0 amide bonds. The van der Waals surface area contributed by atoms with Gasteiger partial charge in [-0.2, -0.15) is 11.8 Å². The normalized spacial score (nSPS) is 23.7. The van der Waals surface area contributed by atoms with Crippen LogP contribution in [0.1, 0.15) is 6.42 Å². The van der Waals surface area contributed by atoms with E-state index in [-0.39, 0.29) is 5.97 Å². The molecular weight excluding hydrogens is 313 g/mol. The Labute approximate surface area is 136 Å². The van der Waals surface area contributed by atoms with Crippen LogP contribution < -0.4 is 21.1 Å². The predicted octanol–water partition coefficient (Wildman–Crippen LogP) is 2.45. The molecule has 2 heterocycles. The number of fused-ring (bicyclic) bond motifs is 5. The van der Waals surface area contributed by atoms with Crippen LogP contribution >= 0.6 is 19.7 Å². The van der Waals surface area contributed by atoms with E-state index in [1.807, 2.05) is 48.7 Å². The standard InChI is InChI=1S/C17H18NO2PS/c1-22-12-11-17(18)16(19)20-13-7-9-15(10-8-13)21(17)14-5-3-2-4-6-14/h2-10H,11-12,18H2,1H3. The lowest BCUT2D eigenvalue weighted by molar-refractivity contribution is -0.137. The maximum Gasteiger partial charge on any atom is 0.336 e. The number of esters is 1. The molecule has 0 spiro atoms. The molecule has 114 valence electrons. The molecule has 2 aliphatic heterocycles. The van der Waals surface area contributed by atoms with Crippen molar-refractivity contribution in [3.8, 4) is 5.75 Å². The number of carbonyl (C=O) groups excluding carboxylic acids is 1. The van der Waals surface area contributed by atoms with Crippen molar-refractivity contribution in [3.05, 3.63) is 54.6 Å². The molecule has 0 fully saturated rings. The van der Waals surface area contributed by atoms with Gasteiger partial charge >= 0.3 is 5.97 Å². The van der Waals surface area contributed by atoms with Crippen LogP contribution in [0.4, 0.5) is 0 Å². The van der Waals surface area contributed by atoms with Gasteiger partial charge in [0.05, 0.1) is 0 Å². The molecule has 2 unspecified atom stereocenters. The number of rotatable bonds is 4. The molecule has 0 radical (unpaired) electrons. The SMILES string of the molecule is CSCCC1(N)C(=O)Oc2ccc(cc2)P1c1ccccc1. The van der Waals surface area contributed by atoms with Crippen molar-refractivity contribution in [1.29, 1.82) is 0 Å². The summed E-state index contributed by atoms with van der Waals surface area (Å²) >= 11 is 1.70. The lowest BCUT2D eigenvalue weighted by Crippen LogP contribution is -2.53. The molecular formula is C17H18NO2PS. The van der Waals surface area contributed by atoms with Crippen LogP contribution in [-0.4, -0.2) is 23.3 Å². The highest BCUT2D eigenvalue weighted by molar-refractivity contribution is 7.98. The summed E-state index contributed by atoms with van der Waals surface area (Å²) in [4.78, 5) is 12.7. The quantitative estimate of drug-likeness (QED) is 0.531. The summed E-state index contributed by atoms with van der Waals surface area (Å²) in [6.45, 7) is 0. The van der Waals surface area contributed by atoms with Crippen LogP contribution in [0.5, 0.6) is 5.75 Å². The summed E-state index contributed by atoms with van der Waals surface area (Å²) in [5.74, 6) is 1.07. The van der Waals surface area contributed by atoms with E-state index in [0.29, 0.717) is 12.2 Å². The van der Waals surface area contributed by atoms with E-state index in [1.165, 1.54) is 0 Å². The predicted molar refractivity (Wildman–Crippen MR) is 94.6 cm³/mol. The van der Waals surface area contributed by atoms with E-state index >= 15 is 0 Å². The molecule has 0 saturated carbocycles. The van der Waals surface area contributed by atoms with Gasteiger partial charge in [0, 0.05) is 0 Å². The highest BCUT2D eigenvalue weighted by Crippen LogP contribution is 2.49. The Kier molecular flexibility index (Phi) is 4.53. The Morgan fingerprint density at radius 3 is 2.36 bits per heavy atom. The molecule has 4 rings (SSSR count). The van der Waals surface area contributed by atoms with Gasteiger partial charge in [0.15, 0.2) is 0 Å². The molecule has 2 bridgehead atoms. The first-order valence-corrected chi connectivity index (χ1v) is 9.84. The summed E-state index contributed by atoms with van der Waals surface area (Å²) < 4.78 is 5.52. The lowest BCUT2D eigenvalue weighted by atomic mass is 10.2. The van der Waals surface area contributed by atoms with Gasteiger partial charge in [0.1, 0.15) is 11.0 Å². The zero-order valence-electron chi connectivity index (χ0n) is 12.4. The van der Waals surface area contributed by atoms with Crippen LogP contribution in [0.3, 0.4) is 0 Å². The highest BCUT2D eigenvalue weighted by Gasteiger charge is 2.46.